The monoisotopic (exact) mass is 474 g/mol. The maximum Gasteiger partial charge on any atom is 0.416 e. The van der Waals surface area contributed by atoms with Crippen LogP contribution in [0.5, 0.6) is 11.6 Å². The molecule has 6 nitrogen and oxygen atoms in total. The van der Waals surface area contributed by atoms with Crippen LogP contribution in [0.4, 0.5) is 13.2 Å². The van der Waals surface area contributed by atoms with Crippen molar-refractivity contribution in [2.75, 3.05) is 7.11 Å². The maximum atomic E-state index is 13.1. The van der Waals surface area contributed by atoms with E-state index in [4.69, 9.17) is 8.92 Å². The Bertz CT molecular complexity index is 1370. The average Bonchev–Trinajstić information content (AvgIpc) is 3.22. The van der Waals surface area contributed by atoms with Gasteiger partial charge in [0.1, 0.15) is 10.6 Å². The van der Waals surface area contributed by atoms with E-state index in [1.165, 1.54) is 17.9 Å². The highest BCUT2D eigenvalue weighted by molar-refractivity contribution is 7.87. The van der Waals surface area contributed by atoms with Crippen molar-refractivity contribution in [1.82, 2.24) is 9.78 Å². The van der Waals surface area contributed by atoms with Gasteiger partial charge in [-0.25, -0.2) is 0 Å². The van der Waals surface area contributed by atoms with Crippen molar-refractivity contribution >= 4 is 10.1 Å². The molecule has 10 heteroatoms. The Kier molecular flexibility index (Phi) is 5.86. The number of aromatic nitrogens is 2. The minimum Gasteiger partial charge on any atom is -0.497 e. The molecule has 0 aliphatic rings. The van der Waals surface area contributed by atoms with E-state index >= 15 is 0 Å². The molecule has 0 bridgehead atoms. The van der Waals surface area contributed by atoms with Crippen LogP contribution in [0.3, 0.4) is 0 Å². The van der Waals surface area contributed by atoms with Crippen LogP contribution in [0.2, 0.25) is 0 Å². The maximum absolute atomic E-state index is 13.1. The van der Waals surface area contributed by atoms with Gasteiger partial charge in [0.15, 0.2) is 0 Å². The highest BCUT2D eigenvalue weighted by Gasteiger charge is 2.32. The summed E-state index contributed by atoms with van der Waals surface area (Å²) in [5, 5.41) is 4.45. The Labute approximate surface area is 187 Å². The van der Waals surface area contributed by atoms with Crippen molar-refractivity contribution in [3.8, 4) is 28.6 Å². The minimum atomic E-state index is -4.70. The summed E-state index contributed by atoms with van der Waals surface area (Å²) in [6, 6.07) is 20.3. The number of rotatable bonds is 6. The lowest BCUT2D eigenvalue weighted by Crippen LogP contribution is -2.14. The van der Waals surface area contributed by atoms with Crippen LogP contribution in [-0.2, 0) is 16.3 Å². The highest BCUT2D eigenvalue weighted by atomic mass is 32.2. The van der Waals surface area contributed by atoms with Gasteiger partial charge in [0.25, 0.3) is 0 Å². The molecule has 0 saturated heterocycles. The van der Waals surface area contributed by atoms with Crippen molar-refractivity contribution in [2.24, 2.45) is 0 Å². The van der Waals surface area contributed by atoms with Gasteiger partial charge in [0, 0.05) is 11.6 Å². The second-order valence-corrected chi connectivity index (χ2v) is 8.45. The molecule has 0 amide bonds. The van der Waals surface area contributed by atoms with Gasteiger partial charge in [-0.15, -0.1) is 0 Å². The fourth-order valence-electron chi connectivity index (χ4n) is 3.07. The molecule has 0 radical (unpaired) electrons. The van der Waals surface area contributed by atoms with Crippen molar-refractivity contribution in [3.63, 3.8) is 0 Å². The van der Waals surface area contributed by atoms with Gasteiger partial charge in [-0.05, 0) is 42.5 Å². The molecule has 4 rings (SSSR count). The molecule has 1 heterocycles. The van der Waals surface area contributed by atoms with E-state index < -0.39 is 26.8 Å². The summed E-state index contributed by atoms with van der Waals surface area (Å²) in [6.45, 7) is 0. The van der Waals surface area contributed by atoms with Crippen LogP contribution < -0.4 is 8.92 Å². The standard InChI is InChI=1S/C23H17F3N2O4S/c1-31-19-12-10-18(11-13-19)28-22(15-21(27-28)16-6-3-2-4-7-16)32-33(29,30)20-9-5-8-17(14-20)23(24,25)26/h2-15H,1H3. The van der Waals surface area contributed by atoms with Gasteiger partial charge in [-0.1, -0.05) is 36.4 Å². The van der Waals surface area contributed by atoms with E-state index in [1.54, 1.807) is 48.5 Å². The number of hydrogen-bond acceptors (Lipinski definition) is 5. The fourth-order valence-corrected chi connectivity index (χ4v) is 4.03. The first-order valence-corrected chi connectivity index (χ1v) is 11.0. The van der Waals surface area contributed by atoms with Crippen molar-refractivity contribution in [2.45, 2.75) is 11.1 Å². The highest BCUT2D eigenvalue weighted by Crippen LogP contribution is 2.32. The Hall–Kier alpha value is -3.79. The number of methoxy groups -OCH3 is 1. The van der Waals surface area contributed by atoms with Crippen molar-refractivity contribution in [1.29, 1.82) is 0 Å². The number of benzene rings is 3. The third-order valence-corrected chi connectivity index (χ3v) is 5.93. The fraction of sp³-hybridized carbons (Fsp3) is 0.0870. The van der Waals surface area contributed by atoms with Gasteiger partial charge in [0.05, 0.1) is 24.1 Å². The predicted molar refractivity (Wildman–Crippen MR) is 115 cm³/mol. The van der Waals surface area contributed by atoms with E-state index in [-0.39, 0.29) is 5.88 Å². The molecular weight excluding hydrogens is 457 g/mol. The summed E-state index contributed by atoms with van der Waals surface area (Å²) < 4.78 is 76.6. The lowest BCUT2D eigenvalue weighted by atomic mass is 10.2. The van der Waals surface area contributed by atoms with Gasteiger partial charge in [0.2, 0.25) is 5.88 Å². The summed E-state index contributed by atoms with van der Waals surface area (Å²) in [5.74, 6) is 0.393. The molecule has 170 valence electrons. The Morgan fingerprint density at radius 1 is 0.879 bits per heavy atom. The van der Waals surface area contributed by atoms with E-state index in [2.05, 4.69) is 5.10 Å². The SMILES string of the molecule is COc1ccc(-n2nc(-c3ccccc3)cc2OS(=O)(=O)c2cccc(C(F)(F)F)c2)cc1. The Morgan fingerprint density at radius 3 is 2.21 bits per heavy atom. The molecule has 0 aliphatic heterocycles. The lowest BCUT2D eigenvalue weighted by Gasteiger charge is -2.11. The van der Waals surface area contributed by atoms with Gasteiger partial charge < -0.3 is 8.92 Å². The smallest absolute Gasteiger partial charge is 0.416 e. The summed E-state index contributed by atoms with van der Waals surface area (Å²) in [4.78, 5) is -0.624. The van der Waals surface area contributed by atoms with E-state index in [9.17, 15) is 21.6 Å². The number of nitrogens with zero attached hydrogens (tertiary/aromatic N) is 2. The summed E-state index contributed by atoms with van der Waals surface area (Å²) in [6.07, 6.45) is -4.70. The number of alkyl halides is 3. The molecule has 0 aliphatic carbocycles. The summed E-state index contributed by atoms with van der Waals surface area (Å²) >= 11 is 0. The molecule has 33 heavy (non-hydrogen) atoms. The van der Waals surface area contributed by atoms with Crippen LogP contribution in [0.1, 0.15) is 5.56 Å². The second-order valence-electron chi connectivity index (χ2n) is 6.91. The minimum absolute atomic E-state index is 0.184. The molecule has 0 unspecified atom stereocenters. The molecule has 0 fully saturated rings. The van der Waals surface area contributed by atoms with E-state index in [1.807, 2.05) is 6.07 Å². The van der Waals surface area contributed by atoms with E-state index in [0.29, 0.717) is 28.8 Å². The molecule has 0 saturated carbocycles. The van der Waals surface area contributed by atoms with Gasteiger partial charge in [-0.2, -0.15) is 31.4 Å². The second kappa shape index (κ2) is 8.62. The van der Waals surface area contributed by atoms with Gasteiger partial charge in [-0.3, -0.25) is 0 Å². The van der Waals surface area contributed by atoms with Crippen LogP contribution in [0, 0.1) is 0 Å². The van der Waals surface area contributed by atoms with Crippen LogP contribution >= 0.6 is 0 Å². The molecular formula is C23H17F3N2O4S. The van der Waals surface area contributed by atoms with Crippen LogP contribution in [0.25, 0.3) is 16.9 Å². The first-order valence-electron chi connectivity index (χ1n) is 9.59. The molecule has 3 aromatic carbocycles. The Morgan fingerprint density at radius 2 is 1.58 bits per heavy atom. The predicted octanol–water partition coefficient (Wildman–Crippen LogP) is 5.33. The third-order valence-electron chi connectivity index (χ3n) is 4.71. The summed E-state index contributed by atoms with van der Waals surface area (Å²) in [5.41, 5.74) is 0.486. The normalized spacial score (nSPS) is 11.9. The third kappa shape index (κ3) is 4.85. The van der Waals surface area contributed by atoms with E-state index in [0.717, 1.165) is 18.2 Å². The molecule has 0 spiro atoms. The van der Waals surface area contributed by atoms with Crippen molar-refractivity contribution < 1.29 is 30.5 Å². The molecule has 1 aromatic heterocycles. The quantitative estimate of drug-likeness (QED) is 0.353. The largest absolute Gasteiger partial charge is 0.497 e. The van der Waals surface area contributed by atoms with Crippen LogP contribution in [0.15, 0.2) is 89.8 Å². The van der Waals surface area contributed by atoms with Crippen molar-refractivity contribution in [3.05, 3.63) is 90.5 Å². The van der Waals surface area contributed by atoms with Crippen LogP contribution in [-0.4, -0.2) is 25.3 Å². The molecule has 4 aromatic rings. The zero-order valence-electron chi connectivity index (χ0n) is 17.2. The number of hydrogen-bond donors (Lipinski definition) is 0. The topological polar surface area (TPSA) is 70.4 Å². The zero-order valence-corrected chi connectivity index (χ0v) is 18.0. The number of ether oxygens (including phenoxy) is 1. The molecule has 0 atom stereocenters. The summed E-state index contributed by atoms with van der Waals surface area (Å²) in [7, 11) is -3.09. The van der Waals surface area contributed by atoms with Gasteiger partial charge >= 0.3 is 16.3 Å². The Balaban J connectivity index is 1.78. The zero-order chi connectivity index (χ0) is 23.6. The molecule has 0 N–H and O–H groups in total. The number of halogens is 3. The lowest BCUT2D eigenvalue weighted by molar-refractivity contribution is -0.137. The first-order chi connectivity index (χ1) is 15.7. The average molecular weight is 474 g/mol. The first kappa shape index (κ1) is 22.4.